The minimum atomic E-state index is 0.571. The molecule has 3 aliphatic rings. The smallest absolute Gasteiger partial charge is 0.0468 e. The first-order valence-electron chi connectivity index (χ1n) is 8.74. The van der Waals surface area contributed by atoms with E-state index in [1.54, 1.807) is 0 Å². The zero-order valence-electron chi connectivity index (χ0n) is 13.2. The van der Waals surface area contributed by atoms with E-state index in [0.717, 1.165) is 18.6 Å². The summed E-state index contributed by atoms with van der Waals surface area (Å²) in [7, 11) is 1.83. The lowest BCUT2D eigenvalue weighted by molar-refractivity contribution is 0.0626. The van der Waals surface area contributed by atoms with Gasteiger partial charge in [0, 0.05) is 32.8 Å². The number of nitrogens with one attached hydrogen (secondary N) is 1. The molecular weight excluding hydrogens is 248 g/mol. The van der Waals surface area contributed by atoms with Crippen molar-refractivity contribution in [3.05, 3.63) is 0 Å². The Morgan fingerprint density at radius 2 is 1.90 bits per heavy atom. The Hall–Kier alpha value is -0.120. The van der Waals surface area contributed by atoms with Crippen LogP contribution in [0, 0.1) is 11.3 Å². The van der Waals surface area contributed by atoms with Crippen LogP contribution in [0.5, 0.6) is 0 Å². The van der Waals surface area contributed by atoms with Crippen molar-refractivity contribution in [2.75, 3.05) is 39.9 Å². The Morgan fingerprint density at radius 3 is 2.45 bits per heavy atom. The second-order valence-corrected chi connectivity index (χ2v) is 7.50. The van der Waals surface area contributed by atoms with E-state index in [2.05, 4.69) is 10.2 Å². The second-order valence-electron chi connectivity index (χ2n) is 7.50. The molecule has 1 N–H and O–H groups in total. The van der Waals surface area contributed by atoms with Gasteiger partial charge in [-0.25, -0.2) is 0 Å². The van der Waals surface area contributed by atoms with Crippen molar-refractivity contribution >= 4 is 0 Å². The lowest BCUT2D eigenvalue weighted by Gasteiger charge is -2.44. The predicted octanol–water partition coefficient (Wildman–Crippen LogP) is 2.66. The lowest BCUT2D eigenvalue weighted by Crippen LogP contribution is -2.48. The van der Waals surface area contributed by atoms with Crippen LogP contribution in [0.3, 0.4) is 0 Å². The van der Waals surface area contributed by atoms with Crippen molar-refractivity contribution in [2.24, 2.45) is 11.3 Å². The molecule has 0 radical (unpaired) electrons. The number of ether oxygens (including phenoxy) is 1. The maximum Gasteiger partial charge on any atom is 0.0468 e. The number of likely N-dealkylation sites (tertiary alicyclic amines) is 1. The number of hydrogen-bond acceptors (Lipinski definition) is 3. The van der Waals surface area contributed by atoms with E-state index in [1.165, 1.54) is 77.5 Å². The van der Waals surface area contributed by atoms with Gasteiger partial charge in [0.15, 0.2) is 0 Å². The van der Waals surface area contributed by atoms with Crippen molar-refractivity contribution in [1.82, 2.24) is 10.2 Å². The SMILES string of the molecule is COCCC1(CNC2CCN(CC3CC3)CC2)CCC1. The minimum absolute atomic E-state index is 0.571. The third-order valence-electron chi connectivity index (χ3n) is 5.82. The molecule has 1 heterocycles. The van der Waals surface area contributed by atoms with Crippen LogP contribution in [-0.2, 0) is 4.74 Å². The fraction of sp³-hybridized carbons (Fsp3) is 1.00. The predicted molar refractivity (Wildman–Crippen MR) is 83.0 cm³/mol. The second kappa shape index (κ2) is 6.76. The largest absolute Gasteiger partial charge is 0.385 e. The van der Waals surface area contributed by atoms with Gasteiger partial charge in [0.1, 0.15) is 0 Å². The van der Waals surface area contributed by atoms with Crippen molar-refractivity contribution in [2.45, 2.75) is 57.4 Å². The third-order valence-corrected chi connectivity index (χ3v) is 5.82. The summed E-state index contributed by atoms with van der Waals surface area (Å²) in [5, 5.41) is 3.88. The highest BCUT2D eigenvalue weighted by Crippen LogP contribution is 2.43. The summed E-state index contributed by atoms with van der Waals surface area (Å²) in [5.74, 6) is 1.05. The summed E-state index contributed by atoms with van der Waals surface area (Å²) in [5.41, 5.74) is 0.571. The van der Waals surface area contributed by atoms with Gasteiger partial charge in [-0.2, -0.15) is 0 Å². The van der Waals surface area contributed by atoms with E-state index in [9.17, 15) is 0 Å². The van der Waals surface area contributed by atoms with Gasteiger partial charge in [0.2, 0.25) is 0 Å². The van der Waals surface area contributed by atoms with Gasteiger partial charge in [-0.1, -0.05) is 6.42 Å². The van der Waals surface area contributed by atoms with Crippen molar-refractivity contribution in [3.63, 3.8) is 0 Å². The van der Waals surface area contributed by atoms with Gasteiger partial charge in [0.25, 0.3) is 0 Å². The summed E-state index contributed by atoms with van der Waals surface area (Å²) >= 11 is 0. The summed E-state index contributed by atoms with van der Waals surface area (Å²) in [6.07, 6.45) is 11.2. The molecule has 3 nitrogen and oxygen atoms in total. The molecule has 0 atom stereocenters. The molecule has 116 valence electrons. The first-order valence-corrected chi connectivity index (χ1v) is 8.74. The number of piperidine rings is 1. The summed E-state index contributed by atoms with van der Waals surface area (Å²) < 4.78 is 5.29. The van der Waals surface area contributed by atoms with E-state index >= 15 is 0 Å². The highest BCUT2D eigenvalue weighted by Gasteiger charge is 2.37. The quantitative estimate of drug-likeness (QED) is 0.740. The maximum absolute atomic E-state index is 5.29. The van der Waals surface area contributed by atoms with Crippen molar-refractivity contribution in [3.8, 4) is 0 Å². The molecule has 0 amide bonds. The molecule has 0 aromatic carbocycles. The van der Waals surface area contributed by atoms with Gasteiger partial charge in [-0.3, -0.25) is 0 Å². The molecule has 0 unspecified atom stereocenters. The monoisotopic (exact) mass is 280 g/mol. The molecule has 1 saturated heterocycles. The molecule has 1 aliphatic heterocycles. The standard InChI is InChI=1S/C17H32N2O/c1-20-12-9-17(7-2-8-17)14-18-16-5-10-19(11-6-16)13-15-3-4-15/h15-16,18H,2-14H2,1H3. The van der Waals surface area contributed by atoms with Gasteiger partial charge in [-0.15, -0.1) is 0 Å². The highest BCUT2D eigenvalue weighted by molar-refractivity contribution is 4.91. The van der Waals surface area contributed by atoms with Gasteiger partial charge >= 0.3 is 0 Å². The molecule has 2 aliphatic carbocycles. The Bertz CT molecular complexity index is 291. The summed E-state index contributed by atoms with van der Waals surface area (Å²) in [4.78, 5) is 2.69. The summed E-state index contributed by atoms with van der Waals surface area (Å²) in [6.45, 7) is 6.17. The molecule has 3 heteroatoms. The third kappa shape index (κ3) is 3.96. The Kier molecular flexibility index (Phi) is 5.00. The Labute approximate surface area is 124 Å². The molecule has 0 aromatic heterocycles. The normalized spacial score (nSPS) is 27.4. The van der Waals surface area contributed by atoms with Crippen LogP contribution in [0.2, 0.25) is 0 Å². The molecule has 0 aromatic rings. The first-order chi connectivity index (χ1) is 9.80. The first kappa shape index (κ1) is 14.8. The van der Waals surface area contributed by atoms with E-state index < -0.39 is 0 Å². The van der Waals surface area contributed by atoms with Gasteiger partial charge < -0.3 is 15.0 Å². The molecule has 20 heavy (non-hydrogen) atoms. The Balaban J connectivity index is 1.34. The topological polar surface area (TPSA) is 24.5 Å². The van der Waals surface area contributed by atoms with E-state index in [-0.39, 0.29) is 0 Å². The van der Waals surface area contributed by atoms with Gasteiger partial charge in [0.05, 0.1) is 0 Å². The lowest BCUT2D eigenvalue weighted by atomic mass is 9.66. The van der Waals surface area contributed by atoms with Crippen molar-refractivity contribution < 1.29 is 4.74 Å². The van der Waals surface area contributed by atoms with Crippen LogP contribution in [0.1, 0.15) is 51.4 Å². The van der Waals surface area contributed by atoms with Crippen LogP contribution in [-0.4, -0.2) is 50.8 Å². The molecule has 0 spiro atoms. The zero-order chi connectivity index (χ0) is 13.8. The molecular formula is C17H32N2O. The number of methoxy groups -OCH3 is 1. The minimum Gasteiger partial charge on any atom is -0.385 e. The van der Waals surface area contributed by atoms with E-state index in [4.69, 9.17) is 4.74 Å². The number of rotatable bonds is 8. The fourth-order valence-corrected chi connectivity index (χ4v) is 3.86. The number of nitrogens with zero attached hydrogens (tertiary/aromatic N) is 1. The molecule has 2 saturated carbocycles. The fourth-order valence-electron chi connectivity index (χ4n) is 3.86. The molecule has 3 fully saturated rings. The average molecular weight is 280 g/mol. The van der Waals surface area contributed by atoms with E-state index in [1.807, 2.05) is 7.11 Å². The van der Waals surface area contributed by atoms with Crippen molar-refractivity contribution in [1.29, 1.82) is 0 Å². The van der Waals surface area contributed by atoms with Crippen LogP contribution >= 0.6 is 0 Å². The van der Waals surface area contributed by atoms with Crippen LogP contribution in [0.4, 0.5) is 0 Å². The van der Waals surface area contributed by atoms with Gasteiger partial charge in [-0.05, 0) is 69.4 Å². The van der Waals surface area contributed by atoms with Crippen LogP contribution in [0.15, 0.2) is 0 Å². The average Bonchev–Trinajstić information content (AvgIpc) is 3.23. The molecule has 3 rings (SSSR count). The highest BCUT2D eigenvalue weighted by atomic mass is 16.5. The van der Waals surface area contributed by atoms with Crippen LogP contribution in [0.25, 0.3) is 0 Å². The molecule has 0 bridgehead atoms. The van der Waals surface area contributed by atoms with Crippen LogP contribution < -0.4 is 5.32 Å². The Morgan fingerprint density at radius 1 is 1.15 bits per heavy atom. The summed E-state index contributed by atoms with van der Waals surface area (Å²) in [6, 6.07) is 0.769. The maximum atomic E-state index is 5.29. The zero-order valence-corrected chi connectivity index (χ0v) is 13.2. The number of hydrogen-bond donors (Lipinski definition) is 1. The van der Waals surface area contributed by atoms with E-state index in [0.29, 0.717) is 5.41 Å².